The molecule has 2 bridgehead atoms. The van der Waals surface area contributed by atoms with Gasteiger partial charge in [-0.25, -0.2) is 8.42 Å². The van der Waals surface area contributed by atoms with Gasteiger partial charge in [0.25, 0.3) is 0 Å². The molecular formula is C20H25F3N2O4S. The fourth-order valence-corrected chi connectivity index (χ4v) is 5.03. The Kier molecular flexibility index (Phi) is 6.18. The van der Waals surface area contributed by atoms with Crippen LogP contribution in [0.15, 0.2) is 18.2 Å². The summed E-state index contributed by atoms with van der Waals surface area (Å²) in [5.41, 5.74) is -0.0862. The molecule has 3 rings (SSSR count). The van der Waals surface area contributed by atoms with E-state index in [1.165, 1.54) is 13.0 Å². The maximum absolute atomic E-state index is 12.9. The van der Waals surface area contributed by atoms with Gasteiger partial charge in [0.2, 0.25) is 11.8 Å². The molecule has 1 aliphatic heterocycles. The molecule has 0 spiro atoms. The molecule has 1 unspecified atom stereocenters. The average Bonchev–Trinajstić information content (AvgIpc) is 2.89. The van der Waals surface area contributed by atoms with Crippen LogP contribution in [0.2, 0.25) is 0 Å². The average molecular weight is 446 g/mol. The molecule has 0 aromatic heterocycles. The molecule has 1 saturated heterocycles. The predicted molar refractivity (Wildman–Crippen MR) is 105 cm³/mol. The van der Waals surface area contributed by atoms with Gasteiger partial charge in [-0.3, -0.25) is 9.59 Å². The number of anilines is 1. The maximum Gasteiger partial charge on any atom is 0.416 e. The van der Waals surface area contributed by atoms with Crippen LogP contribution in [0.5, 0.6) is 0 Å². The number of rotatable bonds is 5. The van der Waals surface area contributed by atoms with Crippen LogP contribution in [0.1, 0.15) is 30.4 Å². The van der Waals surface area contributed by atoms with Crippen molar-refractivity contribution in [2.45, 2.75) is 32.4 Å². The molecule has 3 atom stereocenters. The van der Waals surface area contributed by atoms with Gasteiger partial charge >= 0.3 is 6.18 Å². The van der Waals surface area contributed by atoms with Crippen molar-refractivity contribution >= 4 is 27.3 Å². The SMILES string of the molecule is Cc1cc(C(F)(F)F)ccc1NC(=O)C1[C@@H]2CC[C@H]1CN(C(=O)CCS(C)(=O)=O)C2. The van der Waals surface area contributed by atoms with E-state index in [4.69, 9.17) is 0 Å². The Morgan fingerprint density at radius 2 is 1.77 bits per heavy atom. The Hall–Kier alpha value is -2.10. The highest BCUT2D eigenvalue weighted by atomic mass is 32.2. The smallest absolute Gasteiger partial charge is 0.342 e. The van der Waals surface area contributed by atoms with Gasteiger partial charge < -0.3 is 10.2 Å². The summed E-state index contributed by atoms with van der Waals surface area (Å²) in [4.78, 5) is 26.9. The molecule has 1 saturated carbocycles. The van der Waals surface area contributed by atoms with Crippen molar-refractivity contribution in [2.75, 3.05) is 30.4 Å². The van der Waals surface area contributed by atoms with E-state index in [9.17, 15) is 31.2 Å². The number of carbonyl (C=O) groups is 2. The summed E-state index contributed by atoms with van der Waals surface area (Å²) in [6, 6.07) is 3.22. The predicted octanol–water partition coefficient (Wildman–Crippen LogP) is 2.87. The maximum atomic E-state index is 12.9. The minimum atomic E-state index is -4.44. The molecule has 1 aromatic rings. The van der Waals surface area contributed by atoms with Crippen LogP contribution >= 0.6 is 0 Å². The van der Waals surface area contributed by atoms with E-state index in [1.807, 2.05) is 0 Å². The summed E-state index contributed by atoms with van der Waals surface area (Å²) >= 11 is 0. The zero-order chi connectivity index (χ0) is 22.3. The summed E-state index contributed by atoms with van der Waals surface area (Å²) in [7, 11) is -3.23. The fraction of sp³-hybridized carbons (Fsp3) is 0.600. The third-order valence-corrected chi connectivity index (χ3v) is 6.93. The Morgan fingerprint density at radius 3 is 2.27 bits per heavy atom. The number of benzene rings is 1. The molecule has 10 heteroatoms. The molecule has 166 valence electrons. The molecule has 2 fully saturated rings. The second-order valence-electron chi connectivity index (χ2n) is 8.32. The van der Waals surface area contributed by atoms with Crippen LogP contribution in [-0.4, -0.2) is 50.2 Å². The minimum Gasteiger partial charge on any atom is -0.342 e. The lowest BCUT2D eigenvalue weighted by Gasteiger charge is -2.37. The Labute approximate surface area is 173 Å². The summed E-state index contributed by atoms with van der Waals surface area (Å²) in [6.07, 6.45) is -1.86. The number of hydrogen-bond acceptors (Lipinski definition) is 4. The van der Waals surface area contributed by atoms with Crippen molar-refractivity contribution < 1.29 is 31.2 Å². The third kappa shape index (κ3) is 5.14. The van der Waals surface area contributed by atoms with Gasteiger partial charge in [0, 0.05) is 37.4 Å². The first-order valence-corrected chi connectivity index (χ1v) is 11.9. The van der Waals surface area contributed by atoms with Crippen molar-refractivity contribution in [1.29, 1.82) is 0 Å². The molecule has 0 radical (unpaired) electrons. The zero-order valence-corrected chi connectivity index (χ0v) is 17.6. The van der Waals surface area contributed by atoms with E-state index in [0.29, 0.717) is 24.3 Å². The number of carbonyl (C=O) groups excluding carboxylic acids is 2. The van der Waals surface area contributed by atoms with E-state index >= 15 is 0 Å². The summed E-state index contributed by atoms with van der Waals surface area (Å²) in [5, 5.41) is 2.76. The first-order chi connectivity index (χ1) is 13.8. The lowest BCUT2D eigenvalue weighted by molar-refractivity contribution is -0.137. The van der Waals surface area contributed by atoms with Crippen LogP contribution in [0, 0.1) is 24.7 Å². The number of aryl methyl sites for hydroxylation is 1. The van der Waals surface area contributed by atoms with Crippen LogP contribution in [-0.2, 0) is 25.6 Å². The number of sulfone groups is 1. The van der Waals surface area contributed by atoms with Crippen LogP contribution in [0.4, 0.5) is 18.9 Å². The number of likely N-dealkylation sites (tertiary alicyclic amines) is 1. The first-order valence-electron chi connectivity index (χ1n) is 9.79. The quantitative estimate of drug-likeness (QED) is 0.754. The molecule has 30 heavy (non-hydrogen) atoms. The standard InChI is InChI=1S/C20H25F3N2O4S/c1-12-9-15(20(21,22)23)5-6-16(12)24-19(27)18-13-3-4-14(18)11-25(10-13)17(26)7-8-30(2,28)29/h5-6,9,13-14,18H,3-4,7-8,10-11H2,1-2H3,(H,24,27)/t13-,14+,18?. The first kappa shape index (κ1) is 22.6. The van der Waals surface area contributed by atoms with Crippen molar-refractivity contribution in [3.63, 3.8) is 0 Å². The van der Waals surface area contributed by atoms with E-state index in [-0.39, 0.29) is 41.7 Å². The number of piperidine rings is 1. The van der Waals surface area contributed by atoms with Crippen LogP contribution < -0.4 is 5.32 Å². The summed E-state index contributed by atoms with van der Waals surface area (Å²) in [6.45, 7) is 2.30. The van der Waals surface area contributed by atoms with Gasteiger partial charge in [-0.15, -0.1) is 0 Å². The minimum absolute atomic E-state index is 0.0410. The van der Waals surface area contributed by atoms with Gasteiger partial charge in [0.05, 0.1) is 11.3 Å². The largest absolute Gasteiger partial charge is 0.416 e. The number of nitrogens with zero attached hydrogens (tertiary/aromatic N) is 1. The van der Waals surface area contributed by atoms with Gasteiger partial charge in [-0.05, 0) is 55.4 Å². The molecule has 6 nitrogen and oxygen atoms in total. The van der Waals surface area contributed by atoms with Crippen LogP contribution in [0.3, 0.4) is 0 Å². The van der Waals surface area contributed by atoms with E-state index in [0.717, 1.165) is 31.2 Å². The molecule has 1 N–H and O–H groups in total. The number of hydrogen-bond donors (Lipinski definition) is 1. The Morgan fingerprint density at radius 1 is 1.17 bits per heavy atom. The fourth-order valence-electron chi connectivity index (χ4n) is 4.48. The number of halogens is 3. The topological polar surface area (TPSA) is 83.6 Å². The molecule has 1 aromatic carbocycles. The molecule has 1 heterocycles. The molecule has 2 aliphatic rings. The highest BCUT2D eigenvalue weighted by molar-refractivity contribution is 7.90. The van der Waals surface area contributed by atoms with E-state index in [1.54, 1.807) is 4.90 Å². The lowest BCUT2D eigenvalue weighted by Crippen LogP contribution is -2.48. The van der Waals surface area contributed by atoms with Crippen molar-refractivity contribution in [2.24, 2.45) is 17.8 Å². The zero-order valence-electron chi connectivity index (χ0n) is 16.8. The summed E-state index contributed by atoms with van der Waals surface area (Å²) in [5.74, 6) is -1.07. The second-order valence-corrected chi connectivity index (χ2v) is 10.6. The van der Waals surface area contributed by atoms with Gasteiger partial charge in [-0.1, -0.05) is 0 Å². The summed E-state index contributed by atoms with van der Waals surface area (Å²) < 4.78 is 61.1. The second kappa shape index (κ2) is 8.20. The van der Waals surface area contributed by atoms with Gasteiger partial charge in [-0.2, -0.15) is 13.2 Å². The number of alkyl halides is 3. The molecule has 1 aliphatic carbocycles. The number of nitrogens with one attached hydrogen (secondary N) is 1. The van der Waals surface area contributed by atoms with Crippen molar-refractivity contribution in [3.8, 4) is 0 Å². The highest BCUT2D eigenvalue weighted by Gasteiger charge is 2.46. The molecule has 2 amide bonds. The van der Waals surface area contributed by atoms with E-state index in [2.05, 4.69) is 5.32 Å². The number of amides is 2. The van der Waals surface area contributed by atoms with E-state index < -0.39 is 21.6 Å². The monoisotopic (exact) mass is 446 g/mol. The lowest BCUT2D eigenvalue weighted by atomic mass is 9.84. The van der Waals surface area contributed by atoms with Gasteiger partial charge in [0.1, 0.15) is 9.84 Å². The van der Waals surface area contributed by atoms with Crippen molar-refractivity contribution in [1.82, 2.24) is 4.90 Å². The Bertz CT molecular complexity index is 932. The Balaban J connectivity index is 1.64. The number of fused-ring (bicyclic) bond motifs is 2. The third-order valence-electron chi connectivity index (χ3n) is 5.99. The molecular weight excluding hydrogens is 421 g/mol. The van der Waals surface area contributed by atoms with Crippen molar-refractivity contribution in [3.05, 3.63) is 29.3 Å². The normalized spacial score (nSPS) is 24.0. The van der Waals surface area contributed by atoms with Gasteiger partial charge in [0.15, 0.2) is 0 Å². The van der Waals surface area contributed by atoms with Crippen LogP contribution in [0.25, 0.3) is 0 Å². The highest BCUT2D eigenvalue weighted by Crippen LogP contribution is 2.43.